The summed E-state index contributed by atoms with van der Waals surface area (Å²) >= 11 is 0. The maximum atomic E-state index is 11.5. The molecule has 0 aliphatic rings. The summed E-state index contributed by atoms with van der Waals surface area (Å²) in [6.45, 7) is 0.665. The van der Waals surface area contributed by atoms with Crippen LogP contribution in [0, 0.1) is 0 Å². The van der Waals surface area contributed by atoms with Gasteiger partial charge in [0.05, 0.1) is 6.54 Å². The van der Waals surface area contributed by atoms with E-state index in [1.54, 1.807) is 12.4 Å². The first-order chi connectivity index (χ1) is 4.93. The Hall–Kier alpha value is -0.900. The minimum absolute atomic E-state index is 0.333. The fraction of sp³-hybridized carbons (Fsp3) is 0.500. The first kappa shape index (κ1) is 7.21. The maximum absolute atomic E-state index is 11.5. The van der Waals surface area contributed by atoms with E-state index < -0.39 is 0 Å². The van der Waals surface area contributed by atoms with Crippen molar-refractivity contribution in [2.45, 2.75) is 6.54 Å². The number of rotatable bonds is 4. The first-order valence-corrected chi connectivity index (χ1v) is 3.18. The van der Waals surface area contributed by atoms with Crippen molar-refractivity contribution >= 4 is 0 Å². The van der Waals surface area contributed by atoms with Crippen molar-refractivity contribution < 1.29 is 4.39 Å². The summed E-state index contributed by atoms with van der Waals surface area (Å²) in [5.74, 6) is 0.841. The number of alkyl halides is 1. The highest BCUT2D eigenvalue weighted by molar-refractivity contribution is 4.85. The number of H-pyrrole nitrogens is 1. The van der Waals surface area contributed by atoms with Gasteiger partial charge in [-0.1, -0.05) is 0 Å². The second kappa shape index (κ2) is 4.00. The molecular formula is C6H10FN3. The Morgan fingerprint density at radius 3 is 3.20 bits per heavy atom. The van der Waals surface area contributed by atoms with Gasteiger partial charge in [0.25, 0.3) is 0 Å². The predicted molar refractivity (Wildman–Crippen MR) is 36.3 cm³/mol. The van der Waals surface area contributed by atoms with E-state index in [1.807, 2.05) is 0 Å². The van der Waals surface area contributed by atoms with E-state index in [0.29, 0.717) is 13.1 Å². The second-order valence-electron chi connectivity index (χ2n) is 1.90. The van der Waals surface area contributed by atoms with Crippen LogP contribution in [0.4, 0.5) is 4.39 Å². The number of aromatic amines is 1. The molecule has 1 heterocycles. The zero-order valence-corrected chi connectivity index (χ0v) is 5.60. The number of hydrogen-bond acceptors (Lipinski definition) is 2. The number of halogens is 1. The van der Waals surface area contributed by atoms with Gasteiger partial charge in [-0.25, -0.2) is 9.37 Å². The lowest BCUT2D eigenvalue weighted by molar-refractivity contribution is 0.464. The number of aromatic nitrogens is 2. The molecular weight excluding hydrogens is 133 g/mol. The summed E-state index contributed by atoms with van der Waals surface area (Å²) in [4.78, 5) is 6.85. The van der Waals surface area contributed by atoms with Gasteiger partial charge >= 0.3 is 0 Å². The van der Waals surface area contributed by atoms with E-state index in [4.69, 9.17) is 0 Å². The highest BCUT2D eigenvalue weighted by atomic mass is 19.1. The van der Waals surface area contributed by atoms with E-state index in [2.05, 4.69) is 15.3 Å². The number of nitrogens with one attached hydrogen (secondary N) is 2. The van der Waals surface area contributed by atoms with E-state index in [9.17, 15) is 4.39 Å². The van der Waals surface area contributed by atoms with Crippen molar-refractivity contribution in [2.24, 2.45) is 0 Å². The minimum Gasteiger partial charge on any atom is -0.348 e. The Morgan fingerprint density at radius 1 is 1.70 bits per heavy atom. The van der Waals surface area contributed by atoms with Crippen molar-refractivity contribution in [3.8, 4) is 0 Å². The zero-order chi connectivity index (χ0) is 7.23. The van der Waals surface area contributed by atoms with Gasteiger partial charge in [-0.05, 0) is 0 Å². The normalized spacial score (nSPS) is 10.1. The Bertz CT molecular complexity index is 162. The standard InChI is InChI=1S/C6H10FN3/c7-1-2-8-5-6-9-3-4-10-6/h3-4,8H,1-2,5H2,(H,9,10). The molecule has 2 N–H and O–H groups in total. The molecule has 0 saturated carbocycles. The van der Waals surface area contributed by atoms with E-state index in [-0.39, 0.29) is 6.67 Å². The molecule has 1 rings (SSSR count). The SMILES string of the molecule is FCCNCc1ncc[nH]1. The van der Waals surface area contributed by atoms with Crippen LogP contribution in [0.3, 0.4) is 0 Å². The molecule has 0 aromatic carbocycles. The Labute approximate surface area is 58.7 Å². The fourth-order valence-electron chi connectivity index (χ4n) is 0.668. The lowest BCUT2D eigenvalue weighted by atomic mass is 10.6. The molecule has 0 bridgehead atoms. The van der Waals surface area contributed by atoms with E-state index in [1.165, 1.54) is 0 Å². The molecule has 0 saturated heterocycles. The molecule has 0 aliphatic heterocycles. The van der Waals surface area contributed by atoms with Crippen LogP contribution in [0.2, 0.25) is 0 Å². The quantitative estimate of drug-likeness (QED) is 0.601. The lowest BCUT2D eigenvalue weighted by Crippen LogP contribution is -2.16. The third-order valence-electron chi connectivity index (χ3n) is 1.12. The monoisotopic (exact) mass is 143 g/mol. The predicted octanol–water partition coefficient (Wildman–Crippen LogP) is 0.469. The second-order valence-corrected chi connectivity index (χ2v) is 1.90. The van der Waals surface area contributed by atoms with Crippen molar-refractivity contribution in [3.63, 3.8) is 0 Å². The van der Waals surface area contributed by atoms with Crippen LogP contribution in [-0.4, -0.2) is 23.2 Å². The lowest BCUT2D eigenvalue weighted by Gasteiger charge is -1.96. The van der Waals surface area contributed by atoms with Crippen LogP contribution < -0.4 is 5.32 Å². The van der Waals surface area contributed by atoms with Gasteiger partial charge in [-0.2, -0.15) is 0 Å². The molecule has 0 amide bonds. The smallest absolute Gasteiger partial charge is 0.120 e. The van der Waals surface area contributed by atoms with Gasteiger partial charge < -0.3 is 10.3 Å². The molecule has 0 aliphatic carbocycles. The summed E-state index contributed by atoms with van der Waals surface area (Å²) in [5, 5.41) is 2.87. The van der Waals surface area contributed by atoms with Gasteiger partial charge in [0.2, 0.25) is 0 Å². The molecule has 0 spiro atoms. The molecule has 0 radical (unpaired) electrons. The fourth-order valence-corrected chi connectivity index (χ4v) is 0.668. The number of imidazole rings is 1. The first-order valence-electron chi connectivity index (χ1n) is 3.18. The van der Waals surface area contributed by atoms with E-state index >= 15 is 0 Å². The van der Waals surface area contributed by atoms with Crippen LogP contribution in [-0.2, 0) is 6.54 Å². The van der Waals surface area contributed by atoms with Gasteiger partial charge in [0.1, 0.15) is 12.5 Å². The van der Waals surface area contributed by atoms with Crippen molar-refractivity contribution in [2.75, 3.05) is 13.2 Å². The molecule has 0 fully saturated rings. The largest absolute Gasteiger partial charge is 0.348 e. The minimum atomic E-state index is -0.333. The van der Waals surface area contributed by atoms with Crippen LogP contribution in [0.1, 0.15) is 5.82 Å². The third-order valence-corrected chi connectivity index (χ3v) is 1.12. The Balaban J connectivity index is 2.15. The summed E-state index contributed by atoms with van der Waals surface area (Å²) in [6.07, 6.45) is 3.42. The molecule has 1 aromatic heterocycles. The zero-order valence-electron chi connectivity index (χ0n) is 5.60. The van der Waals surface area contributed by atoms with Crippen molar-refractivity contribution in [1.82, 2.24) is 15.3 Å². The van der Waals surface area contributed by atoms with Gasteiger partial charge in [0, 0.05) is 18.9 Å². The van der Waals surface area contributed by atoms with Crippen molar-refractivity contribution in [3.05, 3.63) is 18.2 Å². The molecule has 10 heavy (non-hydrogen) atoms. The summed E-state index contributed by atoms with van der Waals surface area (Å²) in [5.41, 5.74) is 0. The number of nitrogens with zero attached hydrogens (tertiary/aromatic N) is 1. The van der Waals surface area contributed by atoms with Crippen LogP contribution in [0.25, 0.3) is 0 Å². The molecule has 56 valence electrons. The summed E-state index contributed by atoms with van der Waals surface area (Å²) in [7, 11) is 0. The Kier molecular flexibility index (Phi) is 2.89. The van der Waals surface area contributed by atoms with Crippen molar-refractivity contribution in [1.29, 1.82) is 0 Å². The Morgan fingerprint density at radius 2 is 2.60 bits per heavy atom. The highest BCUT2D eigenvalue weighted by Gasteiger charge is 1.90. The average molecular weight is 143 g/mol. The third kappa shape index (κ3) is 2.14. The topological polar surface area (TPSA) is 40.7 Å². The maximum Gasteiger partial charge on any atom is 0.120 e. The summed E-state index contributed by atoms with van der Waals surface area (Å²) in [6, 6.07) is 0. The van der Waals surface area contributed by atoms with Gasteiger partial charge in [0.15, 0.2) is 0 Å². The molecule has 3 nitrogen and oxygen atoms in total. The molecule has 0 atom stereocenters. The molecule has 4 heteroatoms. The van der Waals surface area contributed by atoms with Crippen LogP contribution in [0.15, 0.2) is 12.4 Å². The molecule has 0 unspecified atom stereocenters. The van der Waals surface area contributed by atoms with E-state index in [0.717, 1.165) is 5.82 Å². The molecule has 1 aromatic rings. The van der Waals surface area contributed by atoms with Crippen LogP contribution >= 0.6 is 0 Å². The van der Waals surface area contributed by atoms with Gasteiger partial charge in [-0.3, -0.25) is 0 Å². The average Bonchev–Trinajstić information content (AvgIpc) is 2.41. The highest BCUT2D eigenvalue weighted by Crippen LogP contribution is 1.85. The van der Waals surface area contributed by atoms with Gasteiger partial charge in [-0.15, -0.1) is 0 Å². The number of hydrogen-bond donors (Lipinski definition) is 2. The summed E-state index contributed by atoms with van der Waals surface area (Å²) < 4.78 is 11.5. The van der Waals surface area contributed by atoms with Crippen LogP contribution in [0.5, 0.6) is 0 Å².